The summed E-state index contributed by atoms with van der Waals surface area (Å²) in [6.07, 6.45) is 0.837. The van der Waals surface area contributed by atoms with Crippen LogP contribution in [-0.2, 0) is 40.5 Å². The highest BCUT2D eigenvalue weighted by Crippen LogP contribution is 2.25. The van der Waals surface area contributed by atoms with Crippen molar-refractivity contribution >= 4 is 26.1 Å². The van der Waals surface area contributed by atoms with Gasteiger partial charge in [-0.3, -0.25) is 8.98 Å². The lowest BCUT2D eigenvalue weighted by atomic mass is 10.2. The molecule has 8 nitrogen and oxygen atoms in total. The summed E-state index contributed by atoms with van der Waals surface area (Å²) >= 11 is 0. The van der Waals surface area contributed by atoms with Crippen LogP contribution in [0.5, 0.6) is 0 Å². The van der Waals surface area contributed by atoms with Crippen LogP contribution < -0.4 is 0 Å². The van der Waals surface area contributed by atoms with Crippen LogP contribution >= 0.6 is 0 Å². The summed E-state index contributed by atoms with van der Waals surface area (Å²) in [5.74, 6) is -0.733. The molecule has 0 bridgehead atoms. The van der Waals surface area contributed by atoms with E-state index in [1.807, 2.05) is 6.07 Å². The molecule has 2 unspecified atom stereocenters. The van der Waals surface area contributed by atoms with Crippen molar-refractivity contribution < 1.29 is 30.6 Å². The first-order valence-corrected chi connectivity index (χ1v) is 10.8. The number of carbonyl (C=O) groups is 1. The fourth-order valence-electron chi connectivity index (χ4n) is 2.49. The number of esters is 1. The molecule has 2 rings (SSSR count). The minimum atomic E-state index is -3.75. The molecule has 0 N–H and O–H groups in total. The van der Waals surface area contributed by atoms with Crippen LogP contribution in [0.1, 0.15) is 12.0 Å². The van der Waals surface area contributed by atoms with E-state index in [1.54, 1.807) is 24.3 Å². The van der Waals surface area contributed by atoms with Crippen molar-refractivity contribution in [3.63, 3.8) is 0 Å². The van der Waals surface area contributed by atoms with Gasteiger partial charge in [-0.2, -0.15) is 12.7 Å². The normalized spacial score (nSPS) is 22.4. The highest BCUT2D eigenvalue weighted by Gasteiger charge is 2.44. The molecule has 0 aromatic heterocycles. The fraction of sp³-hybridized carbons (Fsp3) is 0.500. The number of benzene rings is 1. The van der Waals surface area contributed by atoms with Gasteiger partial charge in [-0.05, 0) is 5.56 Å². The molecule has 1 aromatic rings. The van der Waals surface area contributed by atoms with Crippen molar-refractivity contribution in [1.29, 1.82) is 0 Å². The van der Waals surface area contributed by atoms with Gasteiger partial charge in [0, 0.05) is 13.0 Å². The van der Waals surface area contributed by atoms with E-state index in [2.05, 4.69) is 0 Å². The third-order valence-corrected chi connectivity index (χ3v) is 5.33. The molecule has 1 aliphatic rings. The second kappa shape index (κ2) is 7.18. The minimum Gasteiger partial charge on any atom is -0.460 e. The van der Waals surface area contributed by atoms with Crippen LogP contribution in [0.25, 0.3) is 0 Å². The molecule has 0 aliphatic carbocycles. The molecule has 1 saturated heterocycles. The van der Waals surface area contributed by atoms with E-state index in [0.29, 0.717) is 0 Å². The standard InChI is InChI=1S/C14H19NO7S2/c1-23(17,18)15-9-12(22-24(2,19)20)8-13(15)14(16)21-10-11-6-4-3-5-7-11/h3-7,12-13H,8-10H2,1-2H3. The van der Waals surface area contributed by atoms with Crippen molar-refractivity contribution in [3.05, 3.63) is 35.9 Å². The SMILES string of the molecule is CS(=O)(=O)OC1CC(C(=O)OCc2ccccc2)N(S(C)(=O)=O)C1. The predicted octanol–water partition coefficient (Wildman–Crippen LogP) is 0.108. The van der Waals surface area contributed by atoms with Crippen LogP contribution in [-0.4, -0.2) is 58.3 Å². The van der Waals surface area contributed by atoms with Crippen molar-refractivity contribution in [2.45, 2.75) is 25.2 Å². The third kappa shape index (κ3) is 5.26. The van der Waals surface area contributed by atoms with Gasteiger partial charge in [-0.15, -0.1) is 0 Å². The van der Waals surface area contributed by atoms with Gasteiger partial charge in [-0.25, -0.2) is 8.42 Å². The van der Waals surface area contributed by atoms with Crippen molar-refractivity contribution in [3.8, 4) is 0 Å². The molecule has 0 saturated carbocycles. The molecule has 1 fully saturated rings. The second-order valence-electron chi connectivity index (χ2n) is 5.60. The van der Waals surface area contributed by atoms with E-state index in [-0.39, 0.29) is 19.6 Å². The van der Waals surface area contributed by atoms with Gasteiger partial charge in [0.15, 0.2) is 0 Å². The van der Waals surface area contributed by atoms with Crippen LogP contribution in [0.3, 0.4) is 0 Å². The molecule has 2 atom stereocenters. The minimum absolute atomic E-state index is 0.00533. The highest BCUT2D eigenvalue weighted by atomic mass is 32.2. The first kappa shape index (κ1) is 18.8. The molecule has 134 valence electrons. The number of hydrogen-bond acceptors (Lipinski definition) is 7. The quantitative estimate of drug-likeness (QED) is 0.511. The van der Waals surface area contributed by atoms with E-state index in [4.69, 9.17) is 8.92 Å². The Labute approximate surface area is 141 Å². The molecule has 10 heteroatoms. The zero-order valence-corrected chi connectivity index (χ0v) is 14.9. The van der Waals surface area contributed by atoms with Crippen LogP contribution in [0.15, 0.2) is 30.3 Å². The van der Waals surface area contributed by atoms with Gasteiger partial charge < -0.3 is 4.74 Å². The van der Waals surface area contributed by atoms with Crippen molar-refractivity contribution in [2.75, 3.05) is 19.1 Å². The largest absolute Gasteiger partial charge is 0.460 e. The molecule has 0 radical (unpaired) electrons. The summed E-state index contributed by atoms with van der Waals surface area (Å²) in [7, 11) is -7.46. The van der Waals surface area contributed by atoms with Crippen LogP contribution in [0.2, 0.25) is 0 Å². The summed E-state index contributed by atoms with van der Waals surface area (Å²) in [5, 5.41) is 0. The Morgan fingerprint density at radius 1 is 1.17 bits per heavy atom. The van der Waals surface area contributed by atoms with Gasteiger partial charge in [0.05, 0.1) is 18.6 Å². The van der Waals surface area contributed by atoms with Gasteiger partial charge >= 0.3 is 5.97 Å². The van der Waals surface area contributed by atoms with E-state index < -0.39 is 38.3 Å². The summed E-state index contributed by atoms with van der Waals surface area (Å²) in [6, 6.07) is 7.84. The summed E-state index contributed by atoms with van der Waals surface area (Å²) in [5.41, 5.74) is 0.763. The predicted molar refractivity (Wildman–Crippen MR) is 85.9 cm³/mol. The summed E-state index contributed by atoms with van der Waals surface area (Å²) in [6.45, 7) is -0.206. The maximum Gasteiger partial charge on any atom is 0.324 e. The maximum absolute atomic E-state index is 12.3. The first-order valence-electron chi connectivity index (χ1n) is 7.12. The second-order valence-corrected chi connectivity index (χ2v) is 9.14. The Bertz CT molecular complexity index is 790. The Hall–Kier alpha value is -1.49. The average molecular weight is 377 g/mol. The monoisotopic (exact) mass is 377 g/mol. The Balaban J connectivity index is 2.08. The molecular formula is C14H19NO7S2. The zero-order chi connectivity index (χ0) is 18.0. The van der Waals surface area contributed by atoms with Crippen LogP contribution in [0.4, 0.5) is 0 Å². The number of rotatable bonds is 6. The van der Waals surface area contributed by atoms with Gasteiger partial charge in [0.25, 0.3) is 10.1 Å². The number of ether oxygens (including phenoxy) is 1. The van der Waals surface area contributed by atoms with E-state index in [0.717, 1.165) is 22.4 Å². The lowest BCUT2D eigenvalue weighted by molar-refractivity contribution is -0.148. The molecule has 1 heterocycles. The van der Waals surface area contributed by atoms with Gasteiger partial charge in [0.1, 0.15) is 12.6 Å². The van der Waals surface area contributed by atoms with E-state index in [9.17, 15) is 21.6 Å². The fourth-order valence-corrected chi connectivity index (χ4v) is 4.20. The van der Waals surface area contributed by atoms with Crippen LogP contribution in [0, 0.1) is 0 Å². The van der Waals surface area contributed by atoms with Crippen molar-refractivity contribution in [1.82, 2.24) is 4.31 Å². The summed E-state index contributed by atoms with van der Waals surface area (Å²) < 4.78 is 57.0. The maximum atomic E-state index is 12.3. The van der Waals surface area contributed by atoms with E-state index >= 15 is 0 Å². The molecule has 1 aliphatic heterocycles. The number of hydrogen-bond donors (Lipinski definition) is 0. The van der Waals surface area contributed by atoms with Gasteiger partial charge in [-0.1, -0.05) is 30.3 Å². The average Bonchev–Trinajstić information content (AvgIpc) is 2.88. The molecule has 0 amide bonds. The molecule has 1 aromatic carbocycles. The lowest BCUT2D eigenvalue weighted by Crippen LogP contribution is -2.40. The Morgan fingerprint density at radius 3 is 2.33 bits per heavy atom. The number of sulfonamides is 1. The van der Waals surface area contributed by atoms with Gasteiger partial charge in [0.2, 0.25) is 10.0 Å². The van der Waals surface area contributed by atoms with E-state index in [1.165, 1.54) is 0 Å². The Morgan fingerprint density at radius 2 is 1.79 bits per heavy atom. The summed E-state index contributed by atoms with van der Waals surface area (Å²) in [4.78, 5) is 12.3. The Kier molecular flexibility index (Phi) is 5.63. The zero-order valence-electron chi connectivity index (χ0n) is 13.3. The first-order chi connectivity index (χ1) is 11.1. The third-order valence-electron chi connectivity index (χ3n) is 3.45. The topological polar surface area (TPSA) is 107 Å². The molecular weight excluding hydrogens is 358 g/mol. The lowest BCUT2D eigenvalue weighted by Gasteiger charge is -2.20. The molecule has 24 heavy (non-hydrogen) atoms. The smallest absolute Gasteiger partial charge is 0.324 e. The molecule has 0 spiro atoms. The number of carbonyl (C=O) groups excluding carboxylic acids is 1. The highest BCUT2D eigenvalue weighted by molar-refractivity contribution is 7.88. The number of nitrogens with zero attached hydrogens (tertiary/aromatic N) is 1. The van der Waals surface area contributed by atoms with Crippen molar-refractivity contribution in [2.24, 2.45) is 0 Å².